The molecule has 0 saturated heterocycles. The SMILES string of the molecule is Cc1ccccc1OCC(=O)O[C@H](C)C(=O)Nc1c(C)n(C)n(-c2ccccc2)c1=O. The van der Waals surface area contributed by atoms with Crippen LogP contribution in [-0.4, -0.2) is 34.0 Å². The number of nitrogens with zero attached hydrogens (tertiary/aromatic N) is 2. The fourth-order valence-corrected chi connectivity index (χ4v) is 3.08. The number of esters is 1. The maximum absolute atomic E-state index is 12.9. The molecule has 1 atom stereocenters. The molecule has 0 aliphatic carbocycles. The number of aryl methyl sites for hydroxylation is 1. The lowest BCUT2D eigenvalue weighted by Crippen LogP contribution is -2.33. The van der Waals surface area contributed by atoms with Crippen LogP contribution in [0.15, 0.2) is 59.4 Å². The molecule has 0 radical (unpaired) electrons. The van der Waals surface area contributed by atoms with Gasteiger partial charge in [0.2, 0.25) is 0 Å². The Balaban J connectivity index is 1.65. The summed E-state index contributed by atoms with van der Waals surface area (Å²) >= 11 is 0. The van der Waals surface area contributed by atoms with Gasteiger partial charge in [-0.25, -0.2) is 9.48 Å². The van der Waals surface area contributed by atoms with Gasteiger partial charge in [0, 0.05) is 7.05 Å². The van der Waals surface area contributed by atoms with Gasteiger partial charge in [0.1, 0.15) is 11.4 Å². The number of rotatable bonds is 7. The number of nitrogens with one attached hydrogen (secondary N) is 1. The van der Waals surface area contributed by atoms with E-state index in [9.17, 15) is 14.4 Å². The molecule has 31 heavy (non-hydrogen) atoms. The third-order valence-corrected chi connectivity index (χ3v) is 4.92. The molecule has 3 aromatic rings. The number of amides is 1. The molecule has 162 valence electrons. The first-order chi connectivity index (χ1) is 14.8. The highest BCUT2D eigenvalue weighted by Gasteiger charge is 2.23. The van der Waals surface area contributed by atoms with Gasteiger partial charge in [-0.3, -0.25) is 14.3 Å². The standard InChI is InChI=1S/C23H25N3O5/c1-15-10-8-9-13-19(15)30-14-20(27)31-17(3)22(28)24-21-16(2)25(4)26(23(21)29)18-11-6-5-7-12-18/h5-13,17H,14H2,1-4H3,(H,24,28)/t17-/m1/s1. The van der Waals surface area contributed by atoms with E-state index in [1.807, 2.05) is 37.3 Å². The Labute approximate surface area is 180 Å². The Morgan fingerprint density at radius 3 is 2.35 bits per heavy atom. The fourth-order valence-electron chi connectivity index (χ4n) is 3.08. The van der Waals surface area contributed by atoms with Crippen molar-refractivity contribution in [2.45, 2.75) is 26.9 Å². The molecule has 1 heterocycles. The minimum atomic E-state index is -1.10. The van der Waals surface area contributed by atoms with Crippen molar-refractivity contribution in [2.24, 2.45) is 7.05 Å². The summed E-state index contributed by atoms with van der Waals surface area (Å²) in [6, 6.07) is 16.4. The van der Waals surface area contributed by atoms with Gasteiger partial charge >= 0.3 is 5.97 Å². The highest BCUT2D eigenvalue weighted by atomic mass is 16.6. The molecule has 0 bridgehead atoms. The van der Waals surface area contributed by atoms with Crippen molar-refractivity contribution in [1.82, 2.24) is 9.36 Å². The van der Waals surface area contributed by atoms with E-state index >= 15 is 0 Å². The van der Waals surface area contributed by atoms with Crippen LogP contribution >= 0.6 is 0 Å². The van der Waals surface area contributed by atoms with E-state index in [1.165, 1.54) is 11.6 Å². The summed E-state index contributed by atoms with van der Waals surface area (Å²) in [7, 11) is 1.73. The minimum absolute atomic E-state index is 0.135. The molecule has 1 aromatic heterocycles. The lowest BCUT2D eigenvalue weighted by atomic mass is 10.2. The molecular formula is C23H25N3O5. The summed E-state index contributed by atoms with van der Waals surface area (Å²) in [5, 5.41) is 2.59. The van der Waals surface area contributed by atoms with Crippen molar-refractivity contribution in [1.29, 1.82) is 0 Å². The second kappa shape index (κ2) is 9.34. The first kappa shape index (κ1) is 21.9. The molecule has 3 rings (SSSR count). The molecule has 0 spiro atoms. The van der Waals surface area contributed by atoms with E-state index in [-0.39, 0.29) is 17.9 Å². The highest BCUT2D eigenvalue weighted by molar-refractivity contribution is 5.95. The van der Waals surface area contributed by atoms with Crippen LogP contribution in [0.1, 0.15) is 18.2 Å². The lowest BCUT2D eigenvalue weighted by molar-refractivity contribution is -0.155. The summed E-state index contributed by atoms with van der Waals surface area (Å²) in [4.78, 5) is 37.5. The van der Waals surface area contributed by atoms with Gasteiger partial charge < -0.3 is 14.8 Å². The van der Waals surface area contributed by atoms with Crippen molar-refractivity contribution in [3.8, 4) is 11.4 Å². The zero-order valence-electron chi connectivity index (χ0n) is 17.9. The third kappa shape index (κ3) is 4.85. The Morgan fingerprint density at radius 1 is 1.03 bits per heavy atom. The number of para-hydroxylation sites is 2. The number of benzene rings is 2. The van der Waals surface area contributed by atoms with Gasteiger partial charge in [-0.15, -0.1) is 0 Å². The average Bonchev–Trinajstić information content (AvgIpc) is 2.96. The van der Waals surface area contributed by atoms with E-state index < -0.39 is 18.0 Å². The van der Waals surface area contributed by atoms with Crippen molar-refractivity contribution >= 4 is 17.6 Å². The molecule has 0 saturated carbocycles. The Kier molecular flexibility index (Phi) is 6.59. The van der Waals surface area contributed by atoms with Crippen molar-refractivity contribution in [2.75, 3.05) is 11.9 Å². The topological polar surface area (TPSA) is 91.6 Å². The molecule has 0 unspecified atom stereocenters. The summed E-state index contributed by atoms with van der Waals surface area (Å²) in [6.07, 6.45) is -1.10. The first-order valence-corrected chi connectivity index (χ1v) is 9.82. The molecule has 8 nitrogen and oxygen atoms in total. The molecule has 1 N–H and O–H groups in total. The number of ether oxygens (including phenoxy) is 2. The Bertz CT molecular complexity index is 1150. The van der Waals surface area contributed by atoms with Crippen molar-refractivity contribution in [3.05, 3.63) is 76.2 Å². The first-order valence-electron chi connectivity index (χ1n) is 9.82. The van der Waals surface area contributed by atoms with E-state index in [4.69, 9.17) is 9.47 Å². The average molecular weight is 423 g/mol. The number of carbonyl (C=O) groups excluding carboxylic acids is 2. The number of carbonyl (C=O) groups is 2. The number of anilines is 1. The summed E-state index contributed by atoms with van der Waals surface area (Å²) in [5.41, 5.74) is 1.89. The van der Waals surface area contributed by atoms with Crippen molar-refractivity contribution in [3.63, 3.8) is 0 Å². The van der Waals surface area contributed by atoms with E-state index in [0.717, 1.165) is 5.56 Å². The summed E-state index contributed by atoms with van der Waals surface area (Å²) in [6.45, 7) is 4.70. The van der Waals surface area contributed by atoms with Gasteiger partial charge in [0.05, 0.1) is 11.4 Å². The predicted octanol–water partition coefficient (Wildman–Crippen LogP) is 2.74. The van der Waals surface area contributed by atoms with Gasteiger partial charge in [-0.2, -0.15) is 0 Å². The number of hydrogen-bond acceptors (Lipinski definition) is 5. The maximum Gasteiger partial charge on any atom is 0.344 e. The molecule has 0 aliphatic heterocycles. The Morgan fingerprint density at radius 2 is 1.68 bits per heavy atom. The van der Waals surface area contributed by atoms with Crippen molar-refractivity contribution < 1.29 is 19.1 Å². The van der Waals surface area contributed by atoms with E-state index in [0.29, 0.717) is 17.1 Å². The molecular weight excluding hydrogens is 398 g/mol. The van der Waals surface area contributed by atoms with E-state index in [1.54, 1.807) is 42.9 Å². The van der Waals surface area contributed by atoms with Crippen LogP contribution in [0.5, 0.6) is 5.75 Å². The summed E-state index contributed by atoms with van der Waals surface area (Å²) in [5.74, 6) is -0.717. The lowest BCUT2D eigenvalue weighted by Gasteiger charge is -2.14. The monoisotopic (exact) mass is 423 g/mol. The van der Waals surface area contributed by atoms with Crippen LogP contribution in [0.4, 0.5) is 5.69 Å². The largest absolute Gasteiger partial charge is 0.482 e. The molecule has 0 aliphatic rings. The van der Waals surface area contributed by atoms with Crippen LogP contribution in [0.2, 0.25) is 0 Å². The second-order valence-electron chi connectivity index (χ2n) is 7.11. The Hall–Kier alpha value is -3.81. The van der Waals surface area contributed by atoms with Crippen LogP contribution in [0.25, 0.3) is 5.69 Å². The van der Waals surface area contributed by atoms with Crippen LogP contribution in [-0.2, 0) is 21.4 Å². The molecule has 2 aromatic carbocycles. The number of hydrogen-bond donors (Lipinski definition) is 1. The van der Waals surface area contributed by atoms with Gasteiger partial charge in [0.25, 0.3) is 11.5 Å². The van der Waals surface area contributed by atoms with Gasteiger partial charge in [-0.05, 0) is 44.5 Å². The molecule has 1 amide bonds. The molecule has 0 fully saturated rings. The van der Waals surface area contributed by atoms with Gasteiger partial charge in [0.15, 0.2) is 12.7 Å². The van der Waals surface area contributed by atoms with Crippen LogP contribution < -0.4 is 15.6 Å². The third-order valence-electron chi connectivity index (χ3n) is 4.92. The quantitative estimate of drug-likeness (QED) is 0.590. The molecule has 8 heteroatoms. The minimum Gasteiger partial charge on any atom is -0.482 e. The van der Waals surface area contributed by atoms with Gasteiger partial charge in [-0.1, -0.05) is 36.4 Å². The van der Waals surface area contributed by atoms with E-state index in [2.05, 4.69) is 5.32 Å². The maximum atomic E-state index is 12.9. The summed E-state index contributed by atoms with van der Waals surface area (Å²) < 4.78 is 13.7. The zero-order chi connectivity index (χ0) is 22.5. The predicted molar refractivity (Wildman–Crippen MR) is 117 cm³/mol. The second-order valence-corrected chi connectivity index (χ2v) is 7.11. The zero-order valence-corrected chi connectivity index (χ0v) is 17.9. The highest BCUT2D eigenvalue weighted by Crippen LogP contribution is 2.17. The van der Waals surface area contributed by atoms with Crippen LogP contribution in [0.3, 0.4) is 0 Å². The number of aromatic nitrogens is 2. The fraction of sp³-hybridized carbons (Fsp3) is 0.261. The smallest absolute Gasteiger partial charge is 0.344 e. The van der Waals surface area contributed by atoms with Crippen LogP contribution in [0, 0.1) is 13.8 Å². The normalized spacial score (nSPS) is 11.6.